The lowest BCUT2D eigenvalue weighted by molar-refractivity contribution is 0.102. The molecule has 1 aromatic carbocycles. The molecule has 1 aromatic heterocycles. The Balaban J connectivity index is 2.18. The van der Waals surface area contributed by atoms with Crippen molar-refractivity contribution in [2.24, 2.45) is 0 Å². The number of aliphatic hydroxyl groups excluding tert-OH is 1. The Labute approximate surface area is 119 Å². The maximum absolute atomic E-state index is 13.7. The fourth-order valence-corrected chi connectivity index (χ4v) is 1.61. The van der Waals surface area contributed by atoms with Crippen LogP contribution in [0.3, 0.4) is 0 Å². The Morgan fingerprint density at radius 1 is 1.33 bits per heavy atom. The van der Waals surface area contributed by atoms with Gasteiger partial charge in [0, 0.05) is 11.8 Å². The molecule has 0 saturated heterocycles. The largest absolute Gasteiger partial charge is 0.384 e. The molecule has 0 atom stereocenters. The maximum Gasteiger partial charge on any atom is 0.272 e. The van der Waals surface area contributed by atoms with Crippen LogP contribution in [0.15, 0.2) is 41.2 Å². The molecule has 0 bridgehead atoms. The second-order valence-electron chi connectivity index (χ2n) is 4.04. The number of pyridine rings is 1. The molecule has 0 aliphatic rings. The summed E-state index contributed by atoms with van der Waals surface area (Å²) in [5.74, 6) is 3.61. The number of aromatic amines is 1. The zero-order valence-electron chi connectivity index (χ0n) is 10.8. The normalized spacial score (nSPS) is 9.62. The van der Waals surface area contributed by atoms with Crippen LogP contribution >= 0.6 is 0 Å². The number of anilines is 1. The van der Waals surface area contributed by atoms with Gasteiger partial charge in [-0.3, -0.25) is 9.59 Å². The predicted octanol–water partition coefficient (Wildman–Crippen LogP) is 1.11. The monoisotopic (exact) mass is 286 g/mol. The molecule has 2 rings (SSSR count). The smallest absolute Gasteiger partial charge is 0.272 e. The summed E-state index contributed by atoms with van der Waals surface area (Å²) in [6.07, 6.45) is 0. The van der Waals surface area contributed by atoms with E-state index in [0.29, 0.717) is 0 Å². The predicted molar refractivity (Wildman–Crippen MR) is 75.4 cm³/mol. The Morgan fingerprint density at radius 3 is 2.81 bits per heavy atom. The number of aliphatic hydroxyl groups is 1. The van der Waals surface area contributed by atoms with Gasteiger partial charge in [0.15, 0.2) is 0 Å². The van der Waals surface area contributed by atoms with E-state index < -0.39 is 17.3 Å². The number of carbonyl (C=O) groups is 1. The Hall–Kier alpha value is -2.91. The summed E-state index contributed by atoms with van der Waals surface area (Å²) in [4.78, 5) is 25.4. The summed E-state index contributed by atoms with van der Waals surface area (Å²) in [6, 6.07) is 8.15. The average molecular weight is 286 g/mol. The molecule has 3 N–H and O–H groups in total. The number of amides is 1. The highest BCUT2D eigenvalue weighted by Gasteiger charge is 2.08. The van der Waals surface area contributed by atoms with Gasteiger partial charge < -0.3 is 15.4 Å². The van der Waals surface area contributed by atoms with Crippen LogP contribution in [0.2, 0.25) is 0 Å². The molecule has 0 aliphatic carbocycles. The highest BCUT2D eigenvalue weighted by atomic mass is 19.1. The van der Waals surface area contributed by atoms with Gasteiger partial charge in [-0.2, -0.15) is 0 Å². The first-order valence-electron chi connectivity index (χ1n) is 6.00. The zero-order chi connectivity index (χ0) is 15.2. The molecule has 0 radical (unpaired) electrons. The topological polar surface area (TPSA) is 82.2 Å². The standard InChI is InChI=1S/C15H11FN2O3/c16-12-9-11(7-6-10(12)3-2-8-19)17-15(21)13-4-1-5-14(20)18-13/h1,4-7,9,19H,8H2,(H,17,21)(H,18,20). The third-order valence-corrected chi connectivity index (χ3v) is 2.54. The lowest BCUT2D eigenvalue weighted by Crippen LogP contribution is -2.17. The number of halogens is 1. The quantitative estimate of drug-likeness (QED) is 0.723. The molecular formula is C15H11FN2O3. The van der Waals surface area contributed by atoms with Gasteiger partial charge in [-0.1, -0.05) is 17.9 Å². The summed E-state index contributed by atoms with van der Waals surface area (Å²) < 4.78 is 13.7. The van der Waals surface area contributed by atoms with E-state index in [1.807, 2.05) is 0 Å². The third-order valence-electron chi connectivity index (χ3n) is 2.54. The first kappa shape index (κ1) is 14.5. The van der Waals surface area contributed by atoms with Crippen LogP contribution in [0.1, 0.15) is 16.1 Å². The second-order valence-corrected chi connectivity index (χ2v) is 4.04. The Kier molecular flexibility index (Phi) is 4.49. The molecule has 6 heteroatoms. The fourth-order valence-electron chi connectivity index (χ4n) is 1.61. The van der Waals surface area contributed by atoms with Crippen molar-refractivity contribution in [2.45, 2.75) is 0 Å². The molecule has 1 heterocycles. The molecule has 0 fully saturated rings. The number of aromatic nitrogens is 1. The first-order valence-corrected chi connectivity index (χ1v) is 6.00. The highest BCUT2D eigenvalue weighted by Crippen LogP contribution is 2.14. The van der Waals surface area contributed by atoms with E-state index in [1.165, 1.54) is 30.3 Å². The lowest BCUT2D eigenvalue weighted by atomic mass is 10.2. The number of rotatable bonds is 2. The van der Waals surface area contributed by atoms with Crippen LogP contribution in [0.5, 0.6) is 0 Å². The van der Waals surface area contributed by atoms with Crippen molar-refractivity contribution < 1.29 is 14.3 Å². The lowest BCUT2D eigenvalue weighted by Gasteiger charge is -2.05. The minimum atomic E-state index is -0.615. The highest BCUT2D eigenvalue weighted by molar-refractivity contribution is 6.02. The fraction of sp³-hybridized carbons (Fsp3) is 0.0667. The summed E-state index contributed by atoms with van der Waals surface area (Å²) in [6.45, 7) is -0.362. The van der Waals surface area contributed by atoms with Gasteiger partial charge in [0.05, 0.1) is 5.56 Å². The van der Waals surface area contributed by atoms with E-state index in [-0.39, 0.29) is 23.6 Å². The van der Waals surface area contributed by atoms with Crippen molar-refractivity contribution in [3.8, 4) is 11.8 Å². The maximum atomic E-state index is 13.7. The van der Waals surface area contributed by atoms with Crippen LogP contribution in [-0.2, 0) is 0 Å². The van der Waals surface area contributed by atoms with Crippen molar-refractivity contribution >= 4 is 11.6 Å². The molecule has 5 nitrogen and oxygen atoms in total. The molecule has 0 saturated carbocycles. The summed E-state index contributed by atoms with van der Waals surface area (Å²) in [7, 11) is 0. The number of hydrogen-bond donors (Lipinski definition) is 3. The average Bonchev–Trinajstić information content (AvgIpc) is 2.46. The SMILES string of the molecule is O=C(Nc1ccc(C#CCO)c(F)c1)c1cccc(=O)[nH]1. The van der Waals surface area contributed by atoms with Gasteiger partial charge in [-0.25, -0.2) is 4.39 Å². The van der Waals surface area contributed by atoms with Gasteiger partial charge in [-0.15, -0.1) is 0 Å². The zero-order valence-corrected chi connectivity index (χ0v) is 10.8. The van der Waals surface area contributed by atoms with Crippen LogP contribution < -0.4 is 10.9 Å². The minimum Gasteiger partial charge on any atom is -0.384 e. The molecule has 21 heavy (non-hydrogen) atoms. The molecule has 1 amide bonds. The van der Waals surface area contributed by atoms with Gasteiger partial charge in [0.2, 0.25) is 5.56 Å². The molecule has 106 valence electrons. The number of carbonyl (C=O) groups excluding carboxylic acids is 1. The Morgan fingerprint density at radius 2 is 2.14 bits per heavy atom. The second kappa shape index (κ2) is 6.50. The molecule has 0 spiro atoms. The number of nitrogens with one attached hydrogen (secondary N) is 2. The van der Waals surface area contributed by atoms with Crippen LogP contribution in [0, 0.1) is 17.7 Å². The van der Waals surface area contributed by atoms with Crippen LogP contribution in [0.25, 0.3) is 0 Å². The van der Waals surface area contributed by atoms with Gasteiger partial charge in [0.25, 0.3) is 5.91 Å². The van der Waals surface area contributed by atoms with Gasteiger partial charge in [-0.05, 0) is 24.3 Å². The van der Waals surface area contributed by atoms with E-state index in [2.05, 4.69) is 22.1 Å². The van der Waals surface area contributed by atoms with E-state index in [4.69, 9.17) is 5.11 Å². The van der Waals surface area contributed by atoms with Crippen molar-refractivity contribution in [1.82, 2.24) is 4.98 Å². The Bertz CT molecular complexity index is 787. The van der Waals surface area contributed by atoms with Crippen molar-refractivity contribution in [3.63, 3.8) is 0 Å². The number of H-pyrrole nitrogens is 1. The van der Waals surface area contributed by atoms with E-state index in [9.17, 15) is 14.0 Å². The van der Waals surface area contributed by atoms with E-state index in [1.54, 1.807) is 0 Å². The van der Waals surface area contributed by atoms with Crippen molar-refractivity contribution in [2.75, 3.05) is 11.9 Å². The van der Waals surface area contributed by atoms with Gasteiger partial charge >= 0.3 is 0 Å². The third kappa shape index (κ3) is 3.78. The van der Waals surface area contributed by atoms with E-state index in [0.717, 1.165) is 6.07 Å². The summed E-state index contributed by atoms with van der Waals surface area (Å²) in [5, 5.41) is 11.0. The van der Waals surface area contributed by atoms with E-state index >= 15 is 0 Å². The summed E-state index contributed by atoms with van der Waals surface area (Å²) >= 11 is 0. The molecular weight excluding hydrogens is 275 g/mol. The van der Waals surface area contributed by atoms with Crippen molar-refractivity contribution in [3.05, 3.63) is 63.8 Å². The number of benzene rings is 1. The number of hydrogen-bond acceptors (Lipinski definition) is 3. The molecule has 0 unspecified atom stereocenters. The van der Waals surface area contributed by atoms with Crippen molar-refractivity contribution in [1.29, 1.82) is 0 Å². The van der Waals surface area contributed by atoms with Gasteiger partial charge in [0.1, 0.15) is 18.1 Å². The summed E-state index contributed by atoms with van der Waals surface area (Å²) in [5.41, 5.74) is 0.0300. The molecule has 2 aromatic rings. The minimum absolute atomic E-state index is 0.0760. The first-order chi connectivity index (χ1) is 10.1. The van der Waals surface area contributed by atoms with Crippen LogP contribution in [-0.4, -0.2) is 22.6 Å². The molecule has 0 aliphatic heterocycles. The van der Waals surface area contributed by atoms with Crippen LogP contribution in [0.4, 0.5) is 10.1 Å².